The monoisotopic (exact) mass is 449 g/mol. The minimum Gasteiger partial charge on any atom is -0.434 e. The van der Waals surface area contributed by atoms with Crippen LogP contribution in [-0.4, -0.2) is 22.8 Å². The van der Waals surface area contributed by atoms with Gasteiger partial charge < -0.3 is 4.74 Å². The molecule has 6 nitrogen and oxygen atoms in total. The van der Waals surface area contributed by atoms with Crippen LogP contribution in [0.15, 0.2) is 42.5 Å². The third-order valence-corrected chi connectivity index (χ3v) is 6.19. The molecule has 2 unspecified atom stereocenters. The molecule has 1 aliphatic heterocycles. The Kier molecular flexibility index (Phi) is 6.10. The second-order valence-electron chi connectivity index (χ2n) is 9.04. The highest BCUT2D eigenvalue weighted by molar-refractivity contribution is 5.39. The third-order valence-electron chi connectivity index (χ3n) is 6.19. The summed E-state index contributed by atoms with van der Waals surface area (Å²) in [5.41, 5.74) is 5.75. The summed E-state index contributed by atoms with van der Waals surface area (Å²) >= 11 is 0. The Hall–Kier alpha value is -2.87. The Bertz CT molecular complexity index is 1170. The van der Waals surface area contributed by atoms with Crippen LogP contribution in [0.25, 0.3) is 0 Å². The van der Waals surface area contributed by atoms with Gasteiger partial charge >= 0.3 is 0 Å². The molecule has 1 aliphatic carbocycles. The lowest BCUT2D eigenvalue weighted by atomic mass is 9.99. The number of rotatable bonds is 6. The average Bonchev–Trinajstić information content (AvgIpc) is 3.64. The molecule has 2 heterocycles. The van der Waals surface area contributed by atoms with Gasteiger partial charge in [-0.2, -0.15) is 5.10 Å². The summed E-state index contributed by atoms with van der Waals surface area (Å²) in [6, 6.07) is 13.5. The molecule has 7 heteroatoms. The van der Waals surface area contributed by atoms with Crippen molar-refractivity contribution < 1.29 is 18.9 Å². The molecular weight excluding hydrogens is 421 g/mol. The molecule has 1 aromatic heterocycles. The minimum absolute atomic E-state index is 0.0291. The van der Waals surface area contributed by atoms with Gasteiger partial charge in [-0.15, -0.1) is 5.10 Å². The fourth-order valence-electron chi connectivity index (χ4n) is 4.26. The first kappa shape index (κ1) is 21.9. The number of aromatic nitrogens is 2. The minimum atomic E-state index is -0.617. The molecule has 3 aromatic rings. The van der Waals surface area contributed by atoms with Gasteiger partial charge in [-0.05, 0) is 74.8 Å². The summed E-state index contributed by atoms with van der Waals surface area (Å²) in [6.45, 7) is 6.46. The van der Waals surface area contributed by atoms with E-state index in [0.29, 0.717) is 23.4 Å². The molecule has 0 radical (unpaired) electrons. The van der Waals surface area contributed by atoms with Crippen LogP contribution < -0.4 is 10.1 Å². The summed E-state index contributed by atoms with van der Waals surface area (Å²) in [4.78, 5) is 11.0. The van der Waals surface area contributed by atoms with E-state index >= 15 is 4.39 Å². The van der Waals surface area contributed by atoms with Crippen LogP contribution in [0.4, 0.5) is 4.39 Å². The largest absolute Gasteiger partial charge is 0.434 e. The number of nitrogens with one attached hydrogen (secondary N) is 1. The average molecular weight is 450 g/mol. The van der Waals surface area contributed by atoms with Gasteiger partial charge in [0.2, 0.25) is 5.88 Å². The quantitative estimate of drug-likeness (QED) is 0.510. The maximum absolute atomic E-state index is 15.0. The van der Waals surface area contributed by atoms with Crippen LogP contribution in [0.1, 0.15) is 58.5 Å². The van der Waals surface area contributed by atoms with Crippen LogP contribution >= 0.6 is 0 Å². The topological polar surface area (TPSA) is 65.5 Å². The van der Waals surface area contributed by atoms with Crippen LogP contribution in [0.5, 0.6) is 11.6 Å². The van der Waals surface area contributed by atoms with Gasteiger partial charge in [-0.25, -0.2) is 14.2 Å². The van der Waals surface area contributed by atoms with Crippen molar-refractivity contribution in [3.8, 4) is 11.6 Å². The zero-order valence-corrected chi connectivity index (χ0v) is 19.1. The highest BCUT2D eigenvalue weighted by atomic mass is 19.1. The molecular formula is C26H28FN3O3. The van der Waals surface area contributed by atoms with Crippen LogP contribution in [0.3, 0.4) is 0 Å². The van der Waals surface area contributed by atoms with E-state index in [2.05, 4.69) is 47.6 Å². The molecule has 1 saturated heterocycles. The van der Waals surface area contributed by atoms with Gasteiger partial charge in [0.05, 0.1) is 17.9 Å². The molecule has 33 heavy (non-hydrogen) atoms. The van der Waals surface area contributed by atoms with Crippen molar-refractivity contribution in [2.24, 2.45) is 0 Å². The highest BCUT2D eigenvalue weighted by Gasteiger charge is 2.31. The van der Waals surface area contributed by atoms with Crippen LogP contribution in [0.2, 0.25) is 0 Å². The Morgan fingerprint density at radius 2 is 1.91 bits per heavy atom. The highest BCUT2D eigenvalue weighted by Crippen LogP contribution is 2.43. The molecule has 0 spiro atoms. The Balaban J connectivity index is 1.38. The van der Waals surface area contributed by atoms with E-state index in [4.69, 9.17) is 14.5 Å². The SMILES string of the molecule is Cc1ccc(CC2COOC(c3cc(C)nnc3Oc3cccc(C4CC4)c3F)N2)c(C)c1. The number of benzene rings is 2. The van der Waals surface area contributed by atoms with Gasteiger partial charge in [-0.1, -0.05) is 35.9 Å². The number of hydrogen-bond donors (Lipinski definition) is 1. The lowest BCUT2D eigenvalue weighted by Gasteiger charge is -2.31. The van der Waals surface area contributed by atoms with Crippen molar-refractivity contribution in [2.75, 3.05) is 6.61 Å². The lowest BCUT2D eigenvalue weighted by Crippen LogP contribution is -2.44. The summed E-state index contributed by atoms with van der Waals surface area (Å²) in [6.07, 6.45) is 2.19. The fraction of sp³-hybridized carbons (Fsp3) is 0.385. The summed E-state index contributed by atoms with van der Waals surface area (Å²) in [5, 5.41) is 11.8. The van der Waals surface area contributed by atoms with Gasteiger partial charge in [0.1, 0.15) is 0 Å². The van der Waals surface area contributed by atoms with Crippen molar-refractivity contribution in [3.63, 3.8) is 0 Å². The molecule has 5 rings (SSSR count). The number of hydrogen-bond acceptors (Lipinski definition) is 6. The Labute approximate surface area is 193 Å². The predicted octanol–water partition coefficient (Wildman–Crippen LogP) is 5.37. The van der Waals surface area contributed by atoms with E-state index in [0.717, 1.165) is 19.3 Å². The lowest BCUT2D eigenvalue weighted by molar-refractivity contribution is -0.361. The third kappa shape index (κ3) is 4.90. The van der Waals surface area contributed by atoms with Crippen molar-refractivity contribution in [3.05, 3.63) is 81.8 Å². The second kappa shape index (κ2) is 9.17. The summed E-state index contributed by atoms with van der Waals surface area (Å²) < 4.78 is 21.0. The molecule has 2 aromatic carbocycles. The van der Waals surface area contributed by atoms with E-state index in [1.165, 1.54) is 16.7 Å². The van der Waals surface area contributed by atoms with Crippen molar-refractivity contribution in [2.45, 2.75) is 58.2 Å². The van der Waals surface area contributed by atoms with Gasteiger partial charge in [0.25, 0.3) is 0 Å². The van der Waals surface area contributed by atoms with Crippen molar-refractivity contribution in [1.29, 1.82) is 0 Å². The maximum atomic E-state index is 15.0. The van der Waals surface area contributed by atoms with Gasteiger partial charge in [0, 0.05) is 6.04 Å². The van der Waals surface area contributed by atoms with E-state index in [1.807, 2.05) is 25.1 Å². The first-order chi connectivity index (χ1) is 16.0. The fourth-order valence-corrected chi connectivity index (χ4v) is 4.26. The van der Waals surface area contributed by atoms with Crippen molar-refractivity contribution >= 4 is 0 Å². The number of ether oxygens (including phenoxy) is 1. The standard InChI is InChI=1S/C26H28FN3O3/c1-15-7-8-19(16(2)11-15)13-20-14-31-33-25(28-20)22-12-17(3)29-30-26(22)32-23-6-4-5-21(24(23)27)18-9-10-18/h4-8,11-12,18,20,25,28H,9-10,13-14H2,1-3H3. The zero-order valence-electron chi connectivity index (χ0n) is 19.1. The molecule has 0 bridgehead atoms. The first-order valence-electron chi connectivity index (χ1n) is 11.4. The molecule has 2 atom stereocenters. The molecule has 1 saturated carbocycles. The zero-order chi connectivity index (χ0) is 22.9. The molecule has 1 N–H and O–H groups in total. The van der Waals surface area contributed by atoms with Gasteiger partial charge in [0.15, 0.2) is 17.8 Å². The smallest absolute Gasteiger partial charge is 0.246 e. The molecule has 172 valence electrons. The molecule has 0 amide bonds. The van der Waals surface area contributed by atoms with Crippen LogP contribution in [0, 0.1) is 26.6 Å². The van der Waals surface area contributed by atoms with E-state index in [1.54, 1.807) is 6.07 Å². The number of nitrogens with zero attached hydrogens (tertiary/aromatic N) is 2. The normalized spacial score (nSPS) is 20.6. The Morgan fingerprint density at radius 3 is 2.70 bits per heavy atom. The first-order valence-corrected chi connectivity index (χ1v) is 11.4. The Morgan fingerprint density at radius 1 is 1.06 bits per heavy atom. The van der Waals surface area contributed by atoms with Crippen molar-refractivity contribution in [1.82, 2.24) is 15.5 Å². The second-order valence-corrected chi connectivity index (χ2v) is 9.04. The van der Waals surface area contributed by atoms with Crippen LogP contribution in [-0.2, 0) is 16.2 Å². The number of aryl methyl sites for hydroxylation is 3. The number of halogens is 1. The maximum Gasteiger partial charge on any atom is 0.246 e. The van der Waals surface area contributed by atoms with E-state index in [-0.39, 0.29) is 29.4 Å². The van der Waals surface area contributed by atoms with Gasteiger partial charge in [-0.3, -0.25) is 5.32 Å². The van der Waals surface area contributed by atoms with E-state index < -0.39 is 6.23 Å². The summed E-state index contributed by atoms with van der Waals surface area (Å²) in [7, 11) is 0. The molecule has 2 fully saturated rings. The van der Waals surface area contributed by atoms with E-state index in [9.17, 15) is 0 Å². The predicted molar refractivity (Wildman–Crippen MR) is 122 cm³/mol. The molecule has 2 aliphatic rings. The summed E-state index contributed by atoms with van der Waals surface area (Å²) in [5.74, 6) is 0.276.